The first-order valence-corrected chi connectivity index (χ1v) is 5.78. The monoisotopic (exact) mass is 215 g/mol. The Morgan fingerprint density at radius 1 is 1.19 bits per heavy atom. The highest BCUT2D eigenvalue weighted by atomic mass is 16.1. The lowest BCUT2D eigenvalue weighted by Gasteiger charge is -2.27. The lowest BCUT2D eigenvalue weighted by molar-refractivity contribution is -0.107. The molecule has 1 aromatic carbocycles. The van der Waals surface area contributed by atoms with E-state index in [1.807, 2.05) is 6.08 Å². The Kier molecular flexibility index (Phi) is 3.89. The van der Waals surface area contributed by atoms with Gasteiger partial charge in [-0.2, -0.15) is 0 Å². The van der Waals surface area contributed by atoms with E-state index in [4.69, 9.17) is 0 Å². The van der Waals surface area contributed by atoms with E-state index in [0.29, 0.717) is 6.42 Å². The summed E-state index contributed by atoms with van der Waals surface area (Å²) in [6.07, 6.45) is 6.62. The molecule has 0 fully saturated rings. The number of rotatable bonds is 4. The molecule has 84 valence electrons. The van der Waals surface area contributed by atoms with Crippen molar-refractivity contribution in [3.63, 3.8) is 0 Å². The summed E-state index contributed by atoms with van der Waals surface area (Å²) < 4.78 is 0. The van der Waals surface area contributed by atoms with Crippen molar-refractivity contribution in [3.8, 4) is 0 Å². The average Bonchev–Trinajstić information content (AvgIpc) is 2.34. The van der Waals surface area contributed by atoms with E-state index in [1.54, 1.807) is 0 Å². The minimum absolute atomic E-state index is 0.532. The van der Waals surface area contributed by atoms with Crippen molar-refractivity contribution < 1.29 is 4.79 Å². The number of aldehydes is 1. The molecule has 0 aliphatic carbocycles. The van der Waals surface area contributed by atoms with Gasteiger partial charge in [0.15, 0.2) is 0 Å². The Labute approximate surface area is 96.6 Å². The van der Waals surface area contributed by atoms with Gasteiger partial charge in [0.1, 0.15) is 6.29 Å². The zero-order valence-corrected chi connectivity index (χ0v) is 9.43. The first kappa shape index (κ1) is 11.1. The number of benzene rings is 1. The maximum atomic E-state index is 10.2. The van der Waals surface area contributed by atoms with Gasteiger partial charge in [-0.15, -0.1) is 0 Å². The number of carbonyl (C=O) groups is 1. The van der Waals surface area contributed by atoms with E-state index in [9.17, 15) is 4.79 Å². The van der Waals surface area contributed by atoms with E-state index in [0.717, 1.165) is 32.3 Å². The lowest BCUT2D eigenvalue weighted by atomic mass is 10.00. The van der Waals surface area contributed by atoms with Gasteiger partial charge < -0.3 is 4.79 Å². The van der Waals surface area contributed by atoms with Crippen LogP contribution in [-0.4, -0.2) is 24.3 Å². The summed E-state index contributed by atoms with van der Waals surface area (Å²) in [6.45, 7) is 3.09. The van der Waals surface area contributed by atoms with E-state index in [-0.39, 0.29) is 0 Å². The molecular weight excluding hydrogens is 198 g/mol. The number of allylic oxidation sites excluding steroid dienone is 1. The predicted molar refractivity (Wildman–Crippen MR) is 65.2 cm³/mol. The van der Waals surface area contributed by atoms with Crippen LogP contribution in [0, 0.1) is 0 Å². The van der Waals surface area contributed by atoms with E-state index < -0.39 is 0 Å². The second-order valence-corrected chi connectivity index (χ2v) is 4.13. The van der Waals surface area contributed by atoms with E-state index in [2.05, 4.69) is 35.2 Å². The van der Waals surface area contributed by atoms with Crippen molar-refractivity contribution in [3.05, 3.63) is 47.5 Å². The van der Waals surface area contributed by atoms with Crippen LogP contribution in [0.25, 0.3) is 0 Å². The molecule has 16 heavy (non-hydrogen) atoms. The molecule has 2 heteroatoms. The van der Waals surface area contributed by atoms with Crippen molar-refractivity contribution in [2.75, 3.05) is 13.1 Å². The van der Waals surface area contributed by atoms with Gasteiger partial charge in [-0.1, -0.05) is 36.4 Å². The van der Waals surface area contributed by atoms with Crippen molar-refractivity contribution in [1.82, 2.24) is 4.90 Å². The number of hydrogen-bond donors (Lipinski definition) is 0. The average molecular weight is 215 g/mol. The van der Waals surface area contributed by atoms with Gasteiger partial charge in [0, 0.05) is 26.1 Å². The van der Waals surface area contributed by atoms with Crippen LogP contribution in [0.1, 0.15) is 17.5 Å². The molecule has 0 saturated heterocycles. The van der Waals surface area contributed by atoms with Crippen molar-refractivity contribution in [2.45, 2.75) is 19.4 Å². The van der Waals surface area contributed by atoms with Crippen LogP contribution in [0.3, 0.4) is 0 Å². The summed E-state index contributed by atoms with van der Waals surface area (Å²) in [7, 11) is 0. The third-order valence-electron chi connectivity index (χ3n) is 2.97. The molecule has 0 N–H and O–H groups in total. The second-order valence-electron chi connectivity index (χ2n) is 4.13. The Morgan fingerprint density at radius 3 is 2.81 bits per heavy atom. The summed E-state index contributed by atoms with van der Waals surface area (Å²) in [6, 6.07) is 8.63. The van der Waals surface area contributed by atoms with Crippen LogP contribution < -0.4 is 0 Å². The summed E-state index contributed by atoms with van der Waals surface area (Å²) in [5, 5.41) is 0. The maximum absolute atomic E-state index is 10.2. The van der Waals surface area contributed by atoms with Crippen molar-refractivity contribution in [2.24, 2.45) is 0 Å². The molecule has 0 aromatic heterocycles. The smallest absolute Gasteiger partial charge is 0.123 e. The summed E-state index contributed by atoms with van der Waals surface area (Å²) in [5.74, 6) is 0. The summed E-state index contributed by atoms with van der Waals surface area (Å²) in [4.78, 5) is 12.6. The van der Waals surface area contributed by atoms with Crippen LogP contribution in [0.5, 0.6) is 0 Å². The standard InChI is InChI=1S/C14H17NO/c16-11-5-1-4-9-15-10-8-13-6-2-3-7-14(13)12-15/h1-4,6-7,11H,5,8-10,12H2/b4-1+. The Bertz CT molecular complexity index is 384. The maximum Gasteiger partial charge on any atom is 0.123 e. The molecule has 0 unspecified atom stereocenters. The van der Waals surface area contributed by atoms with Gasteiger partial charge in [-0.25, -0.2) is 0 Å². The zero-order valence-electron chi connectivity index (χ0n) is 9.43. The lowest BCUT2D eigenvalue weighted by Crippen LogP contribution is -2.30. The number of carbonyl (C=O) groups excluding carboxylic acids is 1. The normalized spacial score (nSPS) is 16.2. The van der Waals surface area contributed by atoms with Gasteiger partial charge in [-0.05, 0) is 17.5 Å². The Balaban J connectivity index is 1.90. The van der Waals surface area contributed by atoms with Gasteiger partial charge >= 0.3 is 0 Å². The van der Waals surface area contributed by atoms with Crippen molar-refractivity contribution >= 4 is 6.29 Å². The highest BCUT2D eigenvalue weighted by Gasteiger charge is 2.13. The molecule has 1 heterocycles. The van der Waals surface area contributed by atoms with Crippen LogP contribution in [0.2, 0.25) is 0 Å². The fraction of sp³-hybridized carbons (Fsp3) is 0.357. The molecule has 0 saturated carbocycles. The minimum Gasteiger partial charge on any atom is -0.303 e. The first-order chi connectivity index (χ1) is 7.90. The predicted octanol–water partition coefficient (Wildman–Crippen LogP) is 2.19. The zero-order chi connectivity index (χ0) is 11.2. The topological polar surface area (TPSA) is 20.3 Å². The van der Waals surface area contributed by atoms with Crippen LogP contribution in [0.15, 0.2) is 36.4 Å². The third-order valence-corrected chi connectivity index (χ3v) is 2.97. The number of fused-ring (bicyclic) bond motifs is 1. The summed E-state index contributed by atoms with van der Waals surface area (Å²) in [5.41, 5.74) is 2.92. The van der Waals surface area contributed by atoms with Gasteiger partial charge in [-0.3, -0.25) is 4.90 Å². The molecule has 0 amide bonds. The summed E-state index contributed by atoms with van der Waals surface area (Å²) >= 11 is 0. The highest BCUT2D eigenvalue weighted by molar-refractivity contribution is 5.51. The fourth-order valence-electron chi connectivity index (χ4n) is 2.09. The van der Waals surface area contributed by atoms with Crippen LogP contribution in [-0.2, 0) is 17.8 Å². The van der Waals surface area contributed by atoms with Crippen LogP contribution >= 0.6 is 0 Å². The molecule has 1 aliphatic heterocycles. The quantitative estimate of drug-likeness (QED) is 0.567. The van der Waals surface area contributed by atoms with Gasteiger partial charge in [0.05, 0.1) is 0 Å². The molecule has 1 aromatic rings. The van der Waals surface area contributed by atoms with Gasteiger partial charge in [0.25, 0.3) is 0 Å². The second kappa shape index (κ2) is 5.61. The largest absolute Gasteiger partial charge is 0.303 e. The van der Waals surface area contributed by atoms with Crippen molar-refractivity contribution in [1.29, 1.82) is 0 Å². The minimum atomic E-state index is 0.532. The van der Waals surface area contributed by atoms with E-state index in [1.165, 1.54) is 11.1 Å². The highest BCUT2D eigenvalue weighted by Crippen LogP contribution is 2.17. The first-order valence-electron chi connectivity index (χ1n) is 5.78. The Hall–Kier alpha value is -1.41. The van der Waals surface area contributed by atoms with E-state index >= 15 is 0 Å². The molecule has 2 rings (SSSR count). The Morgan fingerprint density at radius 2 is 2.00 bits per heavy atom. The SMILES string of the molecule is O=CC/C=C/CN1CCc2ccccc2C1. The number of hydrogen-bond acceptors (Lipinski definition) is 2. The van der Waals surface area contributed by atoms with Gasteiger partial charge in [0.2, 0.25) is 0 Å². The molecule has 0 atom stereocenters. The molecular formula is C14H17NO. The molecule has 2 nitrogen and oxygen atoms in total. The molecule has 1 aliphatic rings. The molecule has 0 spiro atoms. The fourth-order valence-corrected chi connectivity index (χ4v) is 2.09. The van der Waals surface area contributed by atoms with Crippen LogP contribution in [0.4, 0.5) is 0 Å². The third kappa shape index (κ3) is 2.80. The molecule has 0 bridgehead atoms. The number of nitrogens with zero attached hydrogens (tertiary/aromatic N) is 1. The molecule has 0 radical (unpaired) electrons.